The third-order valence-corrected chi connectivity index (χ3v) is 3.13. The molecule has 0 aliphatic heterocycles. The molecule has 2 rings (SSSR count). The van der Waals surface area contributed by atoms with E-state index in [2.05, 4.69) is 20.4 Å². The Morgan fingerprint density at radius 3 is 2.59 bits per heavy atom. The van der Waals surface area contributed by atoms with Crippen LogP contribution in [0.3, 0.4) is 0 Å². The Morgan fingerprint density at radius 1 is 1.36 bits per heavy atom. The average Bonchev–Trinajstić information content (AvgIpc) is 2.88. The molecule has 0 unspecified atom stereocenters. The maximum Gasteiger partial charge on any atom is 0.246 e. The summed E-state index contributed by atoms with van der Waals surface area (Å²) in [6, 6.07) is 7.74. The molecular formula is C14H19ClIN5O. The average molecular weight is 436 g/mol. The van der Waals surface area contributed by atoms with Crippen LogP contribution in [0.2, 0.25) is 5.02 Å². The zero-order valence-corrected chi connectivity index (χ0v) is 15.8. The predicted molar refractivity (Wildman–Crippen MR) is 97.6 cm³/mol. The molecule has 1 heterocycles. The molecule has 120 valence electrons. The van der Waals surface area contributed by atoms with Crippen LogP contribution in [0.1, 0.15) is 17.3 Å². The molecule has 0 bridgehead atoms. The molecule has 0 aliphatic rings. The van der Waals surface area contributed by atoms with E-state index in [-0.39, 0.29) is 24.0 Å². The fourth-order valence-corrected chi connectivity index (χ4v) is 2.02. The zero-order chi connectivity index (χ0) is 15.2. The van der Waals surface area contributed by atoms with Crippen LogP contribution in [0.25, 0.3) is 0 Å². The van der Waals surface area contributed by atoms with Crippen LogP contribution >= 0.6 is 35.6 Å². The van der Waals surface area contributed by atoms with Crippen molar-refractivity contribution in [2.24, 2.45) is 4.99 Å². The number of aliphatic imine (C=N–C) groups is 1. The van der Waals surface area contributed by atoms with Gasteiger partial charge in [-0.3, -0.25) is 4.99 Å². The van der Waals surface area contributed by atoms with Gasteiger partial charge in [-0.1, -0.05) is 28.9 Å². The zero-order valence-electron chi connectivity index (χ0n) is 12.7. The number of benzene rings is 1. The van der Waals surface area contributed by atoms with E-state index in [1.54, 1.807) is 14.0 Å². The van der Waals surface area contributed by atoms with Gasteiger partial charge < -0.3 is 14.7 Å². The maximum absolute atomic E-state index is 5.88. The summed E-state index contributed by atoms with van der Waals surface area (Å²) in [5, 5.41) is 7.67. The number of aromatic nitrogens is 2. The first-order chi connectivity index (χ1) is 10.1. The highest BCUT2D eigenvalue weighted by Gasteiger charge is 2.09. The van der Waals surface area contributed by atoms with Crippen molar-refractivity contribution in [2.75, 3.05) is 14.1 Å². The topological polar surface area (TPSA) is 66.5 Å². The molecule has 0 atom stereocenters. The first-order valence-corrected chi connectivity index (χ1v) is 6.91. The molecule has 1 N–H and O–H groups in total. The maximum atomic E-state index is 5.88. The number of aryl methyl sites for hydroxylation is 1. The number of hydrogen-bond acceptors (Lipinski definition) is 4. The van der Waals surface area contributed by atoms with Gasteiger partial charge in [-0.15, -0.1) is 24.0 Å². The Bertz CT molecular complexity index is 614. The highest BCUT2D eigenvalue weighted by Crippen LogP contribution is 2.11. The van der Waals surface area contributed by atoms with Gasteiger partial charge in [0.25, 0.3) is 0 Å². The first kappa shape index (κ1) is 18.7. The monoisotopic (exact) mass is 435 g/mol. The number of hydrogen-bond donors (Lipinski definition) is 1. The molecule has 22 heavy (non-hydrogen) atoms. The van der Waals surface area contributed by atoms with Gasteiger partial charge >= 0.3 is 0 Å². The van der Waals surface area contributed by atoms with Crippen LogP contribution in [0.4, 0.5) is 0 Å². The quantitative estimate of drug-likeness (QED) is 0.454. The molecule has 0 saturated carbocycles. The van der Waals surface area contributed by atoms with E-state index in [4.69, 9.17) is 16.1 Å². The van der Waals surface area contributed by atoms with Crippen LogP contribution < -0.4 is 5.32 Å². The number of guanidine groups is 1. The normalized spacial score (nSPS) is 11.0. The Labute approximate surface area is 152 Å². The molecule has 2 aromatic rings. The number of nitrogens with zero attached hydrogens (tertiary/aromatic N) is 4. The van der Waals surface area contributed by atoms with Crippen molar-refractivity contribution in [3.8, 4) is 0 Å². The van der Waals surface area contributed by atoms with Gasteiger partial charge in [-0.25, -0.2) is 0 Å². The van der Waals surface area contributed by atoms with E-state index >= 15 is 0 Å². The Morgan fingerprint density at radius 2 is 2.05 bits per heavy atom. The molecular weight excluding hydrogens is 417 g/mol. The molecule has 0 radical (unpaired) electrons. The number of nitrogens with one attached hydrogen (secondary N) is 1. The summed E-state index contributed by atoms with van der Waals surface area (Å²) in [6.45, 7) is 2.95. The minimum Gasteiger partial charge on any atom is -0.347 e. The minimum atomic E-state index is 0. The van der Waals surface area contributed by atoms with Crippen LogP contribution in [-0.4, -0.2) is 35.1 Å². The largest absolute Gasteiger partial charge is 0.347 e. The van der Waals surface area contributed by atoms with Crippen molar-refractivity contribution in [2.45, 2.75) is 20.0 Å². The number of rotatable bonds is 4. The summed E-state index contributed by atoms with van der Waals surface area (Å²) < 4.78 is 5.06. The predicted octanol–water partition coefficient (Wildman–Crippen LogP) is 2.86. The molecule has 0 aliphatic carbocycles. The summed E-state index contributed by atoms with van der Waals surface area (Å²) in [5.41, 5.74) is 1.15. The number of halogens is 2. The smallest absolute Gasteiger partial charge is 0.246 e. The van der Waals surface area contributed by atoms with Crippen molar-refractivity contribution >= 4 is 41.5 Å². The Hall–Kier alpha value is -1.35. The third-order valence-electron chi connectivity index (χ3n) is 2.87. The third kappa shape index (κ3) is 5.45. The van der Waals surface area contributed by atoms with Crippen LogP contribution in [-0.2, 0) is 13.1 Å². The Balaban J connectivity index is 0.00000242. The van der Waals surface area contributed by atoms with Crippen molar-refractivity contribution < 1.29 is 4.52 Å². The van der Waals surface area contributed by atoms with E-state index in [0.29, 0.717) is 18.3 Å². The first-order valence-electron chi connectivity index (χ1n) is 6.54. The van der Waals surface area contributed by atoms with Crippen molar-refractivity contribution in [3.63, 3.8) is 0 Å². The lowest BCUT2D eigenvalue weighted by Crippen LogP contribution is -2.38. The van der Waals surface area contributed by atoms with Crippen LogP contribution in [0, 0.1) is 6.92 Å². The fourth-order valence-electron chi connectivity index (χ4n) is 1.89. The van der Waals surface area contributed by atoms with E-state index in [1.807, 2.05) is 36.2 Å². The molecule has 0 fully saturated rings. The summed E-state index contributed by atoms with van der Waals surface area (Å²) in [5.74, 6) is 1.91. The van der Waals surface area contributed by atoms with E-state index in [0.717, 1.165) is 23.1 Å². The van der Waals surface area contributed by atoms with Crippen LogP contribution in [0.5, 0.6) is 0 Å². The summed E-state index contributed by atoms with van der Waals surface area (Å²) in [6.07, 6.45) is 0. The lowest BCUT2D eigenvalue weighted by molar-refractivity contribution is 0.368. The molecule has 6 nitrogen and oxygen atoms in total. The highest BCUT2D eigenvalue weighted by molar-refractivity contribution is 14.0. The van der Waals surface area contributed by atoms with Crippen molar-refractivity contribution in [3.05, 3.63) is 46.6 Å². The minimum absolute atomic E-state index is 0. The van der Waals surface area contributed by atoms with Gasteiger partial charge in [0.2, 0.25) is 5.89 Å². The SMILES string of the molecule is CN=C(NCc1nc(C)no1)N(C)Cc1ccc(Cl)cc1.I. The molecule has 1 aromatic heterocycles. The summed E-state index contributed by atoms with van der Waals surface area (Å²) >= 11 is 5.88. The second-order valence-electron chi connectivity index (χ2n) is 4.62. The van der Waals surface area contributed by atoms with Crippen LogP contribution in [0.15, 0.2) is 33.8 Å². The van der Waals surface area contributed by atoms with Gasteiger partial charge in [-0.2, -0.15) is 4.98 Å². The van der Waals surface area contributed by atoms with Gasteiger partial charge in [-0.05, 0) is 24.6 Å². The van der Waals surface area contributed by atoms with E-state index in [1.165, 1.54) is 0 Å². The second kappa shape index (κ2) is 8.94. The highest BCUT2D eigenvalue weighted by atomic mass is 127. The van der Waals surface area contributed by atoms with Gasteiger partial charge in [0, 0.05) is 25.7 Å². The second-order valence-corrected chi connectivity index (χ2v) is 5.06. The summed E-state index contributed by atoms with van der Waals surface area (Å²) in [7, 11) is 3.70. The molecule has 0 saturated heterocycles. The molecule has 8 heteroatoms. The molecule has 1 aromatic carbocycles. The standard InChI is InChI=1S/C14H18ClN5O.HI/c1-10-18-13(21-19-10)8-17-14(16-2)20(3)9-11-4-6-12(15)7-5-11;/h4-7H,8-9H2,1-3H3,(H,16,17);1H. The van der Waals surface area contributed by atoms with Crippen molar-refractivity contribution in [1.29, 1.82) is 0 Å². The molecule has 0 amide bonds. The van der Waals surface area contributed by atoms with E-state index < -0.39 is 0 Å². The summed E-state index contributed by atoms with van der Waals surface area (Å²) in [4.78, 5) is 10.4. The van der Waals surface area contributed by atoms with Gasteiger partial charge in [0.15, 0.2) is 11.8 Å². The molecule has 0 spiro atoms. The van der Waals surface area contributed by atoms with Gasteiger partial charge in [0.1, 0.15) is 0 Å². The lowest BCUT2D eigenvalue weighted by Gasteiger charge is -2.21. The fraction of sp³-hybridized carbons (Fsp3) is 0.357. The Kier molecular flexibility index (Phi) is 7.60. The van der Waals surface area contributed by atoms with Gasteiger partial charge in [0.05, 0.1) is 6.54 Å². The lowest BCUT2D eigenvalue weighted by atomic mass is 10.2. The van der Waals surface area contributed by atoms with E-state index in [9.17, 15) is 0 Å². The van der Waals surface area contributed by atoms with Crippen molar-refractivity contribution in [1.82, 2.24) is 20.4 Å².